The summed E-state index contributed by atoms with van der Waals surface area (Å²) in [6, 6.07) is 20.8. The van der Waals surface area contributed by atoms with Crippen molar-refractivity contribution in [2.24, 2.45) is 0 Å². The van der Waals surface area contributed by atoms with Crippen LogP contribution in [0.1, 0.15) is 49.0 Å². The minimum Gasteiger partial charge on any atom is -0.491 e. The molecule has 4 rings (SSSR count). The van der Waals surface area contributed by atoms with Gasteiger partial charge in [0, 0.05) is 5.56 Å². The van der Waals surface area contributed by atoms with E-state index in [9.17, 15) is 18.0 Å². The summed E-state index contributed by atoms with van der Waals surface area (Å²) >= 11 is 0. The number of esters is 1. The van der Waals surface area contributed by atoms with E-state index in [-0.39, 0.29) is 16.9 Å². The van der Waals surface area contributed by atoms with Gasteiger partial charge in [-0.1, -0.05) is 62.2 Å². The van der Waals surface area contributed by atoms with Crippen LogP contribution in [0.4, 0.5) is 13.2 Å². The van der Waals surface area contributed by atoms with Crippen LogP contribution in [0.15, 0.2) is 78.9 Å². The molecule has 0 spiro atoms. The third-order valence-electron chi connectivity index (χ3n) is 6.27. The van der Waals surface area contributed by atoms with Crippen LogP contribution in [0.2, 0.25) is 0 Å². The van der Waals surface area contributed by atoms with Crippen LogP contribution in [0.3, 0.4) is 0 Å². The number of halogens is 3. The Morgan fingerprint density at radius 2 is 1.37 bits per heavy atom. The van der Waals surface area contributed by atoms with Gasteiger partial charge in [-0.25, -0.2) is 13.6 Å². The average molecular weight is 519 g/mol. The van der Waals surface area contributed by atoms with Crippen molar-refractivity contribution in [2.75, 3.05) is 6.61 Å². The summed E-state index contributed by atoms with van der Waals surface area (Å²) in [7, 11) is 0. The molecular weight excluding hydrogens is 489 g/mol. The number of hydrogen-bond donors (Lipinski definition) is 0. The lowest BCUT2D eigenvalue weighted by Crippen LogP contribution is -2.10. The quantitative estimate of drug-likeness (QED) is 0.120. The predicted octanol–water partition coefficient (Wildman–Crippen LogP) is 8.79. The zero-order valence-electron chi connectivity index (χ0n) is 21.4. The van der Waals surface area contributed by atoms with Crippen molar-refractivity contribution >= 4 is 5.97 Å². The fourth-order valence-corrected chi connectivity index (χ4v) is 4.17. The van der Waals surface area contributed by atoms with Crippen molar-refractivity contribution in [1.82, 2.24) is 0 Å². The molecule has 0 bridgehead atoms. The molecule has 0 unspecified atom stereocenters. The number of rotatable bonds is 10. The Labute approximate surface area is 220 Å². The molecule has 0 atom stereocenters. The molecule has 0 aliphatic rings. The number of carbonyl (C=O) groups is 1. The Kier molecular flexibility index (Phi) is 8.85. The van der Waals surface area contributed by atoms with Crippen molar-refractivity contribution in [2.45, 2.75) is 39.5 Å². The van der Waals surface area contributed by atoms with E-state index >= 15 is 0 Å². The van der Waals surface area contributed by atoms with Gasteiger partial charge in [-0.2, -0.15) is 4.39 Å². The maximum absolute atomic E-state index is 14.9. The lowest BCUT2D eigenvalue weighted by atomic mass is 10.0. The highest BCUT2D eigenvalue weighted by atomic mass is 19.2. The van der Waals surface area contributed by atoms with Gasteiger partial charge in [-0.3, -0.25) is 0 Å². The minimum atomic E-state index is -1.23. The highest BCUT2D eigenvalue weighted by Crippen LogP contribution is 2.31. The Morgan fingerprint density at radius 1 is 0.711 bits per heavy atom. The summed E-state index contributed by atoms with van der Waals surface area (Å²) in [5.41, 5.74) is 3.19. The molecule has 4 aromatic carbocycles. The second-order valence-electron chi connectivity index (χ2n) is 8.94. The minimum absolute atomic E-state index is 0.0920. The van der Waals surface area contributed by atoms with Crippen molar-refractivity contribution in [1.29, 1.82) is 0 Å². The normalized spacial score (nSPS) is 10.9. The van der Waals surface area contributed by atoms with Gasteiger partial charge in [0.1, 0.15) is 0 Å². The molecule has 3 nitrogen and oxygen atoms in total. The van der Waals surface area contributed by atoms with Crippen LogP contribution in [0, 0.1) is 17.5 Å². The van der Waals surface area contributed by atoms with Gasteiger partial charge in [0.25, 0.3) is 0 Å². The van der Waals surface area contributed by atoms with E-state index in [4.69, 9.17) is 9.47 Å². The summed E-state index contributed by atoms with van der Waals surface area (Å²) in [5, 5.41) is 0. The molecule has 6 heteroatoms. The molecule has 0 aliphatic carbocycles. The first-order chi connectivity index (χ1) is 18.4. The Hall–Kier alpha value is -4.06. The SMILES string of the molecule is CCCCCc1ccc(-c2ccc(OC(=O)c3ccc(-c4ccc(OCC)c(F)c4)cc3)c(F)c2F)cc1. The molecule has 0 heterocycles. The molecule has 196 valence electrons. The molecule has 0 amide bonds. The topological polar surface area (TPSA) is 35.5 Å². The van der Waals surface area contributed by atoms with Crippen LogP contribution >= 0.6 is 0 Å². The van der Waals surface area contributed by atoms with Gasteiger partial charge in [0.2, 0.25) is 5.82 Å². The number of unbranched alkanes of at least 4 members (excludes halogenated alkanes) is 2. The van der Waals surface area contributed by atoms with Gasteiger partial charge in [-0.15, -0.1) is 0 Å². The van der Waals surface area contributed by atoms with E-state index < -0.39 is 29.2 Å². The third-order valence-corrected chi connectivity index (χ3v) is 6.27. The smallest absolute Gasteiger partial charge is 0.343 e. The zero-order valence-corrected chi connectivity index (χ0v) is 21.4. The molecule has 0 fully saturated rings. The molecule has 38 heavy (non-hydrogen) atoms. The molecule has 4 aromatic rings. The largest absolute Gasteiger partial charge is 0.491 e. The van der Waals surface area contributed by atoms with Crippen LogP contribution in [-0.4, -0.2) is 12.6 Å². The van der Waals surface area contributed by atoms with Gasteiger partial charge in [-0.05, 0) is 78.4 Å². The molecule has 0 saturated carbocycles. The van der Waals surface area contributed by atoms with Gasteiger partial charge >= 0.3 is 5.97 Å². The lowest BCUT2D eigenvalue weighted by molar-refractivity contribution is 0.0726. The van der Waals surface area contributed by atoms with Gasteiger partial charge in [0.15, 0.2) is 23.1 Å². The first kappa shape index (κ1) is 27.0. The lowest BCUT2D eigenvalue weighted by Gasteiger charge is -2.11. The summed E-state index contributed by atoms with van der Waals surface area (Å²) in [6.07, 6.45) is 4.31. The molecule has 0 aromatic heterocycles. The Balaban J connectivity index is 1.45. The highest BCUT2D eigenvalue weighted by Gasteiger charge is 2.19. The van der Waals surface area contributed by atoms with E-state index in [0.717, 1.165) is 31.2 Å². The maximum atomic E-state index is 14.9. The fraction of sp³-hybridized carbons (Fsp3) is 0.219. The molecule has 0 aliphatic heterocycles. The third kappa shape index (κ3) is 6.25. The first-order valence-corrected chi connectivity index (χ1v) is 12.7. The monoisotopic (exact) mass is 518 g/mol. The molecule has 0 saturated heterocycles. The van der Waals surface area contributed by atoms with Gasteiger partial charge < -0.3 is 9.47 Å². The number of ether oxygens (including phenoxy) is 2. The van der Waals surface area contributed by atoms with Crippen LogP contribution < -0.4 is 9.47 Å². The summed E-state index contributed by atoms with van der Waals surface area (Å²) in [4.78, 5) is 12.6. The van der Waals surface area contributed by atoms with Crippen molar-refractivity contribution in [3.8, 4) is 33.8 Å². The average Bonchev–Trinajstić information content (AvgIpc) is 2.93. The van der Waals surface area contributed by atoms with E-state index in [1.54, 1.807) is 43.3 Å². The first-order valence-electron chi connectivity index (χ1n) is 12.7. The van der Waals surface area contributed by atoms with Gasteiger partial charge in [0.05, 0.1) is 12.2 Å². The van der Waals surface area contributed by atoms with Crippen LogP contribution in [0.25, 0.3) is 22.3 Å². The van der Waals surface area contributed by atoms with E-state index in [2.05, 4.69) is 6.92 Å². The fourth-order valence-electron chi connectivity index (χ4n) is 4.17. The van der Waals surface area contributed by atoms with Crippen molar-refractivity contribution in [3.63, 3.8) is 0 Å². The Bertz CT molecular complexity index is 1400. The van der Waals surface area contributed by atoms with Crippen LogP contribution in [-0.2, 0) is 6.42 Å². The van der Waals surface area contributed by atoms with E-state index in [0.29, 0.717) is 23.3 Å². The number of aryl methyl sites for hydroxylation is 1. The molecule has 0 N–H and O–H groups in total. The number of hydrogen-bond acceptors (Lipinski definition) is 3. The van der Waals surface area contributed by atoms with Crippen molar-refractivity contribution in [3.05, 3.63) is 107 Å². The standard InChI is InChI=1S/C32H29F3O3/c1-3-5-6-7-21-8-10-23(11-9-21)26-17-19-29(31(35)30(26)34)38-32(36)24-14-12-22(13-15-24)25-16-18-28(37-4-2)27(33)20-25/h8-20H,3-7H2,1-2H3. The van der Waals surface area contributed by atoms with Crippen molar-refractivity contribution < 1.29 is 27.4 Å². The molecule has 0 radical (unpaired) electrons. The van der Waals surface area contributed by atoms with E-state index in [1.807, 2.05) is 12.1 Å². The Morgan fingerprint density at radius 3 is 2.03 bits per heavy atom. The second kappa shape index (κ2) is 12.5. The summed E-state index contributed by atoms with van der Waals surface area (Å²) in [5.74, 6) is -3.97. The second-order valence-corrected chi connectivity index (χ2v) is 8.94. The number of carbonyl (C=O) groups excluding carboxylic acids is 1. The summed E-state index contributed by atoms with van der Waals surface area (Å²) < 4.78 is 54.3. The maximum Gasteiger partial charge on any atom is 0.343 e. The van der Waals surface area contributed by atoms with E-state index in [1.165, 1.54) is 30.3 Å². The zero-order chi connectivity index (χ0) is 27.1. The summed E-state index contributed by atoms with van der Waals surface area (Å²) in [6.45, 7) is 4.27. The molecular formula is C32H29F3O3. The highest BCUT2D eigenvalue weighted by molar-refractivity contribution is 5.91. The number of benzene rings is 4. The predicted molar refractivity (Wildman–Crippen MR) is 143 cm³/mol. The van der Waals surface area contributed by atoms with Crippen LogP contribution in [0.5, 0.6) is 11.5 Å².